The minimum atomic E-state index is 0.0335. The van der Waals surface area contributed by atoms with E-state index in [0.717, 1.165) is 5.69 Å². The molecule has 1 N–H and O–H groups in total. The topological polar surface area (TPSA) is 55.2 Å². The number of phenols is 1. The van der Waals surface area contributed by atoms with E-state index < -0.39 is 0 Å². The molecule has 0 aliphatic carbocycles. The Kier molecular flexibility index (Phi) is 4.32. The lowest BCUT2D eigenvalue weighted by atomic mass is 10.2. The van der Waals surface area contributed by atoms with Gasteiger partial charge in [0.2, 0.25) is 0 Å². The second-order valence-electron chi connectivity index (χ2n) is 3.75. The van der Waals surface area contributed by atoms with Crippen molar-refractivity contribution in [2.45, 2.75) is 6.92 Å². The molecule has 0 aliphatic rings. The van der Waals surface area contributed by atoms with Crippen LogP contribution in [0.3, 0.4) is 0 Å². The number of aryl methyl sites for hydroxylation is 1. The highest BCUT2D eigenvalue weighted by Crippen LogP contribution is 2.38. The number of hydrogen-bond donors (Lipinski definition) is 1. The molecular formula is C12H9Br2ClN2O2. The van der Waals surface area contributed by atoms with Gasteiger partial charge in [-0.1, -0.05) is 11.6 Å². The molecule has 0 saturated carbocycles. The molecule has 7 heteroatoms. The molecule has 1 heterocycles. The smallest absolute Gasteiger partial charge is 0.172 e. The number of phenolic OH excluding ortho intramolecular Hbond substituents is 1. The van der Waals surface area contributed by atoms with Crippen molar-refractivity contribution in [2.24, 2.45) is 0 Å². The standard InChI is InChI=1S/C12H9Br2ClN2O2/c1-5-9(14)11(15)17-12(16-5)6-3-7(13)10(18)8(4-6)19-2/h3-4,18H,1-2H3. The van der Waals surface area contributed by atoms with Crippen molar-refractivity contribution in [3.8, 4) is 22.9 Å². The van der Waals surface area contributed by atoms with Crippen molar-refractivity contribution < 1.29 is 9.84 Å². The van der Waals surface area contributed by atoms with Crippen molar-refractivity contribution >= 4 is 43.5 Å². The number of halogens is 3. The molecule has 1 aromatic carbocycles. The third-order valence-corrected chi connectivity index (χ3v) is 4.54. The number of rotatable bonds is 2. The van der Waals surface area contributed by atoms with Gasteiger partial charge in [-0.3, -0.25) is 0 Å². The molecule has 4 nitrogen and oxygen atoms in total. The van der Waals surface area contributed by atoms with Gasteiger partial charge in [-0.05, 0) is 50.9 Å². The summed E-state index contributed by atoms with van der Waals surface area (Å²) in [7, 11) is 1.48. The van der Waals surface area contributed by atoms with Gasteiger partial charge in [0.05, 0.1) is 21.7 Å². The molecule has 0 radical (unpaired) electrons. The lowest BCUT2D eigenvalue weighted by Gasteiger charge is -2.09. The van der Waals surface area contributed by atoms with Gasteiger partial charge in [-0.2, -0.15) is 0 Å². The van der Waals surface area contributed by atoms with Crippen LogP contribution < -0.4 is 4.74 Å². The van der Waals surface area contributed by atoms with Crippen LogP contribution in [0.15, 0.2) is 21.1 Å². The van der Waals surface area contributed by atoms with Crippen LogP contribution in [0, 0.1) is 6.92 Å². The summed E-state index contributed by atoms with van der Waals surface area (Å²) < 4.78 is 6.27. The molecular weight excluding hydrogens is 399 g/mol. The molecule has 0 spiro atoms. The lowest BCUT2D eigenvalue weighted by Crippen LogP contribution is -1.95. The van der Waals surface area contributed by atoms with Gasteiger partial charge in [0.15, 0.2) is 17.3 Å². The Labute approximate surface area is 132 Å². The Balaban J connectivity index is 2.62. The average molecular weight is 408 g/mol. The third-order valence-electron chi connectivity index (χ3n) is 2.48. The Morgan fingerprint density at radius 3 is 2.53 bits per heavy atom. The predicted octanol–water partition coefficient (Wildman–Crippen LogP) is 4.34. The third kappa shape index (κ3) is 2.85. The van der Waals surface area contributed by atoms with Crippen molar-refractivity contribution in [1.29, 1.82) is 0 Å². The summed E-state index contributed by atoms with van der Waals surface area (Å²) in [5.41, 5.74) is 1.43. The fraction of sp³-hybridized carbons (Fsp3) is 0.167. The van der Waals surface area contributed by atoms with Crippen LogP contribution in [-0.4, -0.2) is 22.2 Å². The number of benzene rings is 1. The van der Waals surface area contributed by atoms with E-state index in [2.05, 4.69) is 41.8 Å². The highest BCUT2D eigenvalue weighted by Gasteiger charge is 2.14. The molecule has 0 saturated heterocycles. The van der Waals surface area contributed by atoms with Crippen LogP contribution in [0.2, 0.25) is 5.15 Å². The van der Waals surface area contributed by atoms with Gasteiger partial charge in [-0.15, -0.1) is 0 Å². The summed E-state index contributed by atoms with van der Waals surface area (Å²) in [6.07, 6.45) is 0. The summed E-state index contributed by atoms with van der Waals surface area (Å²) in [5.74, 6) is 0.834. The van der Waals surface area contributed by atoms with Crippen LogP contribution in [0.5, 0.6) is 11.5 Å². The van der Waals surface area contributed by atoms with Crippen molar-refractivity contribution in [3.63, 3.8) is 0 Å². The summed E-state index contributed by atoms with van der Waals surface area (Å²) in [6, 6.07) is 3.36. The maximum absolute atomic E-state index is 9.78. The number of hydrogen-bond acceptors (Lipinski definition) is 4. The van der Waals surface area contributed by atoms with Gasteiger partial charge in [-0.25, -0.2) is 9.97 Å². The first-order valence-corrected chi connectivity index (χ1v) is 7.17. The van der Waals surface area contributed by atoms with E-state index in [1.807, 2.05) is 6.92 Å². The van der Waals surface area contributed by atoms with Gasteiger partial charge < -0.3 is 9.84 Å². The maximum atomic E-state index is 9.78. The summed E-state index contributed by atoms with van der Waals surface area (Å²) in [5, 5.41) is 10.1. The first kappa shape index (κ1) is 14.6. The molecule has 0 unspecified atom stereocenters. The molecule has 0 atom stereocenters. The highest BCUT2D eigenvalue weighted by molar-refractivity contribution is 9.11. The van der Waals surface area contributed by atoms with E-state index in [4.69, 9.17) is 16.3 Å². The molecule has 2 rings (SSSR count). The molecule has 0 amide bonds. The fourth-order valence-corrected chi connectivity index (χ4v) is 2.35. The Bertz CT molecular complexity index is 627. The quantitative estimate of drug-likeness (QED) is 0.751. The van der Waals surface area contributed by atoms with Crippen molar-refractivity contribution in [2.75, 3.05) is 7.11 Å². The van der Waals surface area contributed by atoms with Crippen molar-refractivity contribution in [3.05, 3.63) is 31.9 Å². The van der Waals surface area contributed by atoms with Crippen LogP contribution >= 0.6 is 43.5 Å². The number of aromatic hydroxyl groups is 1. The van der Waals surface area contributed by atoms with E-state index in [1.165, 1.54) is 7.11 Å². The van der Waals surface area contributed by atoms with E-state index in [0.29, 0.717) is 31.2 Å². The monoisotopic (exact) mass is 406 g/mol. The average Bonchev–Trinajstić information content (AvgIpc) is 2.38. The number of ether oxygens (including phenoxy) is 1. The van der Waals surface area contributed by atoms with Crippen LogP contribution in [0.1, 0.15) is 5.69 Å². The molecule has 0 bridgehead atoms. The Morgan fingerprint density at radius 1 is 1.26 bits per heavy atom. The highest BCUT2D eigenvalue weighted by atomic mass is 79.9. The molecule has 1 aromatic heterocycles. The summed E-state index contributed by atoms with van der Waals surface area (Å²) in [6.45, 7) is 1.83. The lowest BCUT2D eigenvalue weighted by molar-refractivity contribution is 0.372. The molecule has 0 fully saturated rings. The van der Waals surface area contributed by atoms with E-state index in [9.17, 15) is 5.11 Å². The molecule has 0 aliphatic heterocycles. The van der Waals surface area contributed by atoms with Gasteiger partial charge in [0.25, 0.3) is 0 Å². The van der Waals surface area contributed by atoms with Crippen LogP contribution in [0.4, 0.5) is 0 Å². The van der Waals surface area contributed by atoms with Gasteiger partial charge >= 0.3 is 0 Å². The van der Waals surface area contributed by atoms with Crippen LogP contribution in [-0.2, 0) is 0 Å². The van der Waals surface area contributed by atoms with Gasteiger partial charge in [0, 0.05) is 5.56 Å². The Hall–Kier alpha value is -0.850. The molecule has 100 valence electrons. The summed E-state index contributed by atoms with van der Waals surface area (Å²) >= 11 is 12.6. The SMILES string of the molecule is COc1cc(-c2nc(C)c(Br)c(Cl)n2)cc(Br)c1O. The fourth-order valence-electron chi connectivity index (χ4n) is 1.51. The second-order valence-corrected chi connectivity index (χ2v) is 5.75. The Morgan fingerprint density at radius 2 is 1.95 bits per heavy atom. The van der Waals surface area contributed by atoms with Crippen molar-refractivity contribution in [1.82, 2.24) is 9.97 Å². The van der Waals surface area contributed by atoms with E-state index in [1.54, 1.807) is 12.1 Å². The molecule has 19 heavy (non-hydrogen) atoms. The van der Waals surface area contributed by atoms with Crippen LogP contribution in [0.25, 0.3) is 11.4 Å². The first-order valence-electron chi connectivity index (χ1n) is 5.20. The minimum Gasteiger partial charge on any atom is -0.503 e. The number of methoxy groups -OCH3 is 1. The largest absolute Gasteiger partial charge is 0.503 e. The first-order chi connectivity index (χ1) is 8.93. The van der Waals surface area contributed by atoms with E-state index >= 15 is 0 Å². The maximum Gasteiger partial charge on any atom is 0.172 e. The normalized spacial score (nSPS) is 10.6. The summed E-state index contributed by atoms with van der Waals surface area (Å²) in [4.78, 5) is 8.55. The number of nitrogens with zero attached hydrogens (tertiary/aromatic N) is 2. The van der Waals surface area contributed by atoms with Gasteiger partial charge in [0.1, 0.15) is 5.15 Å². The zero-order chi connectivity index (χ0) is 14.2. The minimum absolute atomic E-state index is 0.0335. The zero-order valence-electron chi connectivity index (χ0n) is 10.0. The number of aromatic nitrogens is 2. The zero-order valence-corrected chi connectivity index (χ0v) is 14.0. The predicted molar refractivity (Wildman–Crippen MR) is 80.8 cm³/mol. The second kappa shape index (κ2) is 5.64. The van der Waals surface area contributed by atoms with E-state index in [-0.39, 0.29) is 5.75 Å². The molecule has 2 aromatic rings.